The van der Waals surface area contributed by atoms with Crippen LogP contribution >= 0.6 is 0 Å². The van der Waals surface area contributed by atoms with Gasteiger partial charge in [-0.2, -0.15) is 0 Å². The molecule has 1 fully saturated rings. The fourth-order valence-electron chi connectivity index (χ4n) is 8.34. The van der Waals surface area contributed by atoms with E-state index in [0.29, 0.717) is 60.5 Å². The molecule has 2 aliphatic rings. The first kappa shape index (κ1) is 46.7. The number of carbonyl (C=O) groups excluding carboxylic acids is 2. The van der Waals surface area contributed by atoms with Gasteiger partial charge in [-0.05, 0) is 141 Å². The molecule has 0 aromatic heterocycles. The number of esters is 2. The summed E-state index contributed by atoms with van der Waals surface area (Å²) in [7, 11) is 0. The zero-order valence-corrected chi connectivity index (χ0v) is 35.7. The minimum atomic E-state index is -0.433. The van der Waals surface area contributed by atoms with E-state index in [2.05, 4.69) is 57.3 Å². The van der Waals surface area contributed by atoms with E-state index >= 15 is 4.39 Å². The van der Waals surface area contributed by atoms with Crippen molar-refractivity contribution in [3.8, 4) is 16.9 Å². The Balaban J connectivity index is 1.61. The van der Waals surface area contributed by atoms with Crippen LogP contribution < -0.4 is 4.74 Å². The summed E-state index contributed by atoms with van der Waals surface area (Å²) < 4.78 is 33.3. The molecule has 0 radical (unpaired) electrons. The predicted octanol–water partition coefficient (Wildman–Crippen LogP) is 11.0. The number of hydrogen-bond acceptors (Lipinski definition) is 7. The van der Waals surface area contributed by atoms with Gasteiger partial charge in [0.25, 0.3) is 0 Å². The number of rotatable bonds is 24. The third kappa shape index (κ3) is 13.8. The maximum atomic E-state index is 16.0. The van der Waals surface area contributed by atoms with Gasteiger partial charge < -0.3 is 24.4 Å². The van der Waals surface area contributed by atoms with E-state index in [1.54, 1.807) is 13.8 Å². The predicted molar refractivity (Wildman–Crippen MR) is 232 cm³/mol. The fraction of sp³-hybridized carbons (Fsp3) is 0.560. The number of allylic oxidation sites excluding steroid dienone is 4. The molecule has 58 heavy (non-hydrogen) atoms. The first-order valence-corrected chi connectivity index (χ1v) is 21.9. The summed E-state index contributed by atoms with van der Waals surface area (Å²) in [6.07, 6.45) is 18.5. The Morgan fingerprint density at radius 2 is 1.41 bits per heavy atom. The number of unbranched alkanes of at least 4 members (excludes halogenated alkanes) is 2. The van der Waals surface area contributed by atoms with Crippen LogP contribution in [0, 0.1) is 23.7 Å². The Labute approximate surface area is 347 Å². The second kappa shape index (κ2) is 24.2. The van der Waals surface area contributed by atoms with Crippen molar-refractivity contribution >= 4 is 17.5 Å². The van der Waals surface area contributed by atoms with Crippen molar-refractivity contribution in [2.45, 2.75) is 124 Å². The molecule has 8 heteroatoms. The zero-order chi connectivity index (χ0) is 42.0. The average Bonchev–Trinajstić information content (AvgIpc) is 3.22. The van der Waals surface area contributed by atoms with Gasteiger partial charge in [0.1, 0.15) is 11.6 Å². The molecule has 1 atom stereocenters. The van der Waals surface area contributed by atoms with Crippen molar-refractivity contribution in [3.05, 3.63) is 94.9 Å². The first-order chi connectivity index (χ1) is 28.0. The lowest BCUT2D eigenvalue weighted by Gasteiger charge is -2.33. The van der Waals surface area contributed by atoms with Crippen molar-refractivity contribution < 1.29 is 38.4 Å². The van der Waals surface area contributed by atoms with E-state index in [1.807, 2.05) is 12.1 Å². The number of hydrogen-bond donors (Lipinski definition) is 2. The molecule has 2 aliphatic carbocycles. The van der Waals surface area contributed by atoms with Crippen LogP contribution in [0.5, 0.6) is 5.75 Å². The number of aryl methyl sites for hydroxylation is 3. The average molecular weight is 801 g/mol. The van der Waals surface area contributed by atoms with Crippen molar-refractivity contribution in [2.24, 2.45) is 23.7 Å². The topological polar surface area (TPSA) is 102 Å². The molecule has 7 nitrogen and oxygen atoms in total. The SMILES string of the molecule is C=C(C)C(=O)OCCCc1cc(-c2ccc(C3=CCC(C4CCC(CCCCC)CC4)C=C3F)cc2CC)cc(CCCOC(=O)C(=C)C)c1OCCC(CO)CO. The summed E-state index contributed by atoms with van der Waals surface area (Å²) >= 11 is 0. The fourth-order valence-corrected chi connectivity index (χ4v) is 8.34. The number of aliphatic hydroxyl groups is 2. The van der Waals surface area contributed by atoms with Gasteiger partial charge in [-0.25, -0.2) is 14.0 Å². The Bertz CT molecular complexity index is 1690. The quantitative estimate of drug-likeness (QED) is 0.0619. The van der Waals surface area contributed by atoms with Crippen molar-refractivity contribution in [1.82, 2.24) is 0 Å². The lowest BCUT2D eigenvalue weighted by molar-refractivity contribution is -0.139. The normalized spacial score (nSPS) is 18.0. The standard InChI is InChI=1S/C50H69FO7/c1-7-9-10-13-36-16-18-39(19-17-36)40-20-23-46(47(51)31-40)41-21-22-45(38(8-2)28-41)44-29-42(14-11-25-57-49(54)34(3)4)48(56-27-24-37(32-52)33-53)43(30-44)15-12-26-58-50(55)35(5)6/h21-23,28-31,36-37,39-40,52-53H,3,5,7-20,24-27,32-33H2,1-2,4,6H3. The van der Waals surface area contributed by atoms with Gasteiger partial charge in [0.15, 0.2) is 0 Å². The van der Waals surface area contributed by atoms with Crippen molar-refractivity contribution in [2.75, 3.05) is 33.0 Å². The summed E-state index contributed by atoms with van der Waals surface area (Å²) in [5, 5.41) is 19.4. The minimum Gasteiger partial charge on any atom is -0.493 e. The molecular formula is C50H69FO7. The van der Waals surface area contributed by atoms with E-state index in [1.165, 1.54) is 51.4 Å². The molecular weight excluding hydrogens is 732 g/mol. The lowest BCUT2D eigenvalue weighted by Crippen LogP contribution is -2.22. The van der Waals surface area contributed by atoms with Crippen molar-refractivity contribution in [1.29, 1.82) is 0 Å². The molecule has 0 heterocycles. The summed E-state index contributed by atoms with van der Waals surface area (Å²) in [5.74, 6) is 1.06. The van der Waals surface area contributed by atoms with Crippen LogP contribution in [0.3, 0.4) is 0 Å². The molecule has 1 saturated carbocycles. The second-order valence-electron chi connectivity index (χ2n) is 16.6. The van der Waals surface area contributed by atoms with Gasteiger partial charge >= 0.3 is 11.9 Å². The molecule has 0 amide bonds. The van der Waals surface area contributed by atoms with E-state index in [-0.39, 0.29) is 50.7 Å². The number of benzene rings is 2. The van der Waals surface area contributed by atoms with Crippen LogP contribution in [0.15, 0.2) is 72.6 Å². The number of carbonyl (C=O) groups is 2. The highest BCUT2D eigenvalue weighted by Crippen LogP contribution is 2.43. The highest BCUT2D eigenvalue weighted by molar-refractivity contribution is 5.87. The van der Waals surface area contributed by atoms with Crippen LogP contribution in [0.1, 0.15) is 127 Å². The number of aliphatic hydroxyl groups excluding tert-OH is 2. The highest BCUT2D eigenvalue weighted by atomic mass is 19.1. The molecule has 0 bridgehead atoms. The van der Waals surface area contributed by atoms with Crippen LogP contribution in [-0.2, 0) is 38.3 Å². The summed E-state index contributed by atoms with van der Waals surface area (Å²) in [5.41, 5.74) is 7.22. The van der Waals surface area contributed by atoms with Crippen LogP contribution in [0.4, 0.5) is 4.39 Å². The maximum absolute atomic E-state index is 16.0. The highest BCUT2D eigenvalue weighted by Gasteiger charge is 2.29. The van der Waals surface area contributed by atoms with Gasteiger partial charge in [0.05, 0.1) is 19.8 Å². The third-order valence-electron chi connectivity index (χ3n) is 11.9. The smallest absolute Gasteiger partial charge is 0.333 e. The second-order valence-corrected chi connectivity index (χ2v) is 16.6. The van der Waals surface area contributed by atoms with Gasteiger partial charge in [-0.1, -0.05) is 89.8 Å². The van der Waals surface area contributed by atoms with Crippen molar-refractivity contribution in [3.63, 3.8) is 0 Å². The largest absolute Gasteiger partial charge is 0.493 e. The molecule has 2 N–H and O–H groups in total. The third-order valence-corrected chi connectivity index (χ3v) is 11.9. The molecule has 0 saturated heterocycles. The van der Waals surface area contributed by atoms with Gasteiger partial charge in [0, 0.05) is 35.9 Å². The van der Waals surface area contributed by atoms with E-state index in [9.17, 15) is 19.8 Å². The minimum absolute atomic E-state index is 0.119. The van der Waals surface area contributed by atoms with Crippen LogP contribution in [0.25, 0.3) is 16.7 Å². The van der Waals surface area contributed by atoms with Gasteiger partial charge in [-0.15, -0.1) is 0 Å². The van der Waals surface area contributed by atoms with Crippen LogP contribution in [-0.4, -0.2) is 55.2 Å². The molecule has 2 aromatic rings. The van der Waals surface area contributed by atoms with E-state index < -0.39 is 11.9 Å². The van der Waals surface area contributed by atoms with Gasteiger partial charge in [-0.3, -0.25) is 0 Å². The molecule has 318 valence electrons. The zero-order valence-electron chi connectivity index (χ0n) is 35.7. The summed E-state index contributed by atoms with van der Waals surface area (Å²) in [4.78, 5) is 24.2. The molecule has 1 unspecified atom stereocenters. The monoisotopic (exact) mass is 801 g/mol. The Morgan fingerprint density at radius 1 is 0.810 bits per heavy atom. The van der Waals surface area contributed by atoms with E-state index in [4.69, 9.17) is 14.2 Å². The number of ether oxygens (including phenoxy) is 3. The van der Waals surface area contributed by atoms with Gasteiger partial charge in [0.2, 0.25) is 0 Å². The molecule has 2 aromatic carbocycles. The lowest BCUT2D eigenvalue weighted by atomic mass is 9.72. The van der Waals surface area contributed by atoms with Crippen LogP contribution in [0.2, 0.25) is 0 Å². The summed E-state index contributed by atoms with van der Waals surface area (Å²) in [6.45, 7) is 15.4. The maximum Gasteiger partial charge on any atom is 0.333 e. The first-order valence-electron chi connectivity index (χ1n) is 21.9. The number of halogens is 1. The van der Waals surface area contributed by atoms with E-state index in [0.717, 1.165) is 52.1 Å². The molecule has 0 aliphatic heterocycles. The molecule has 4 rings (SSSR count). The Kier molecular flexibility index (Phi) is 19.4. The Hall–Kier alpha value is -4.01. The molecule has 0 spiro atoms. The summed E-state index contributed by atoms with van der Waals surface area (Å²) in [6, 6.07) is 10.5. The Morgan fingerprint density at radius 3 is 1.95 bits per heavy atom.